The maximum absolute atomic E-state index is 12.6. The molecule has 0 unspecified atom stereocenters. The van der Waals surface area contributed by atoms with E-state index in [0.717, 1.165) is 11.1 Å². The fraction of sp³-hybridized carbons (Fsp3) is 0.200. The Morgan fingerprint density at radius 2 is 1.71 bits per heavy atom. The van der Waals surface area contributed by atoms with Crippen molar-refractivity contribution in [1.29, 1.82) is 0 Å². The first-order valence-electron chi connectivity index (χ1n) is 6.37. The van der Waals surface area contributed by atoms with Crippen LogP contribution in [0, 0.1) is 13.8 Å². The maximum atomic E-state index is 12.6. The Labute approximate surface area is 124 Å². The molecule has 2 aromatic carbocycles. The van der Waals surface area contributed by atoms with Crippen molar-refractivity contribution in [3.63, 3.8) is 0 Å². The third kappa shape index (κ3) is 3.11. The van der Waals surface area contributed by atoms with Crippen molar-refractivity contribution in [3.05, 3.63) is 47.5 Å². The van der Waals surface area contributed by atoms with Crippen molar-refractivity contribution in [2.24, 2.45) is 0 Å². The highest BCUT2D eigenvalue weighted by molar-refractivity contribution is 7.92. The zero-order valence-corrected chi connectivity index (χ0v) is 13.0. The number of nitrogen functional groups attached to an aromatic ring is 1. The molecule has 0 atom stereocenters. The van der Waals surface area contributed by atoms with Crippen LogP contribution < -0.4 is 15.2 Å². The van der Waals surface area contributed by atoms with Gasteiger partial charge in [-0.3, -0.25) is 4.72 Å². The van der Waals surface area contributed by atoms with Crippen LogP contribution in [0.2, 0.25) is 0 Å². The molecule has 6 heteroatoms. The van der Waals surface area contributed by atoms with Crippen LogP contribution in [-0.4, -0.2) is 15.5 Å². The number of hydrogen-bond acceptors (Lipinski definition) is 4. The van der Waals surface area contributed by atoms with Crippen LogP contribution in [0.15, 0.2) is 41.3 Å². The summed E-state index contributed by atoms with van der Waals surface area (Å²) < 4.78 is 32.9. The molecule has 0 saturated heterocycles. The molecule has 0 aliphatic carbocycles. The van der Waals surface area contributed by atoms with Crippen molar-refractivity contribution in [1.82, 2.24) is 0 Å². The third-order valence-electron chi connectivity index (χ3n) is 3.19. The number of methoxy groups -OCH3 is 1. The number of aryl methyl sites for hydroxylation is 2. The largest absolute Gasteiger partial charge is 0.495 e. The van der Waals surface area contributed by atoms with Crippen LogP contribution in [0.3, 0.4) is 0 Å². The predicted molar refractivity (Wildman–Crippen MR) is 84.1 cm³/mol. The van der Waals surface area contributed by atoms with E-state index in [-0.39, 0.29) is 10.6 Å². The highest BCUT2D eigenvalue weighted by atomic mass is 32.2. The first kappa shape index (κ1) is 15.2. The van der Waals surface area contributed by atoms with E-state index in [9.17, 15) is 8.42 Å². The van der Waals surface area contributed by atoms with E-state index in [1.807, 2.05) is 32.0 Å². The van der Waals surface area contributed by atoms with E-state index in [0.29, 0.717) is 11.4 Å². The molecule has 0 amide bonds. The Morgan fingerprint density at radius 1 is 1.10 bits per heavy atom. The second-order valence-corrected chi connectivity index (χ2v) is 6.43. The zero-order valence-electron chi connectivity index (χ0n) is 12.2. The minimum absolute atomic E-state index is 0.0210. The van der Waals surface area contributed by atoms with Crippen LogP contribution >= 0.6 is 0 Å². The predicted octanol–water partition coefficient (Wildman–Crippen LogP) is 2.70. The second kappa shape index (κ2) is 5.65. The molecule has 0 radical (unpaired) electrons. The lowest BCUT2D eigenvalue weighted by Crippen LogP contribution is -2.16. The number of benzene rings is 2. The van der Waals surface area contributed by atoms with Crippen molar-refractivity contribution in [3.8, 4) is 5.75 Å². The normalized spacial score (nSPS) is 11.2. The molecule has 2 aromatic rings. The van der Waals surface area contributed by atoms with Crippen molar-refractivity contribution >= 4 is 21.4 Å². The minimum atomic E-state index is -3.78. The summed E-state index contributed by atoms with van der Waals surface area (Å²) in [4.78, 5) is 0.0210. The van der Waals surface area contributed by atoms with Crippen LogP contribution in [0.4, 0.5) is 11.4 Å². The molecular formula is C15H18N2O3S. The number of nitrogens with one attached hydrogen (secondary N) is 1. The Balaban J connectivity index is 2.51. The van der Waals surface area contributed by atoms with Gasteiger partial charge in [0.25, 0.3) is 10.0 Å². The lowest BCUT2D eigenvalue weighted by atomic mass is 10.1. The average molecular weight is 306 g/mol. The Kier molecular flexibility index (Phi) is 4.09. The summed E-state index contributed by atoms with van der Waals surface area (Å²) in [6.07, 6.45) is 0. The fourth-order valence-electron chi connectivity index (χ4n) is 2.07. The van der Waals surface area contributed by atoms with Gasteiger partial charge in [0, 0.05) is 5.69 Å². The lowest BCUT2D eigenvalue weighted by Gasteiger charge is -2.15. The van der Waals surface area contributed by atoms with E-state index in [1.165, 1.54) is 19.2 Å². The molecule has 0 heterocycles. The molecule has 112 valence electrons. The van der Waals surface area contributed by atoms with Crippen molar-refractivity contribution < 1.29 is 13.2 Å². The maximum Gasteiger partial charge on any atom is 0.265 e. The van der Waals surface area contributed by atoms with Gasteiger partial charge in [0.1, 0.15) is 10.6 Å². The Hall–Kier alpha value is -2.21. The summed E-state index contributed by atoms with van der Waals surface area (Å²) in [5.74, 6) is 0.253. The molecule has 0 aliphatic heterocycles. The lowest BCUT2D eigenvalue weighted by molar-refractivity contribution is 0.403. The third-order valence-corrected chi connectivity index (χ3v) is 4.57. The highest BCUT2D eigenvalue weighted by Gasteiger charge is 2.21. The van der Waals surface area contributed by atoms with E-state index < -0.39 is 10.0 Å². The molecule has 2 rings (SSSR count). The van der Waals surface area contributed by atoms with Gasteiger partial charge in [-0.05, 0) is 43.2 Å². The van der Waals surface area contributed by atoms with E-state index in [2.05, 4.69) is 4.72 Å². The van der Waals surface area contributed by atoms with Gasteiger partial charge >= 0.3 is 0 Å². The molecule has 5 nitrogen and oxygen atoms in total. The molecule has 0 bridgehead atoms. The van der Waals surface area contributed by atoms with Gasteiger partial charge in [-0.2, -0.15) is 0 Å². The second-order valence-electron chi connectivity index (χ2n) is 4.78. The van der Waals surface area contributed by atoms with E-state index in [4.69, 9.17) is 10.5 Å². The van der Waals surface area contributed by atoms with Gasteiger partial charge in [0.15, 0.2) is 0 Å². The molecule has 3 N–H and O–H groups in total. The number of para-hydroxylation sites is 1. The standard InChI is InChI=1S/C15H18N2O3S/c1-10-5-4-6-11(2)15(10)17-21(18,19)14-9-12(16)7-8-13(14)20-3/h4-9,17H,16H2,1-3H3. The number of rotatable bonds is 4. The fourth-order valence-corrected chi connectivity index (χ4v) is 3.48. The van der Waals surface area contributed by atoms with E-state index >= 15 is 0 Å². The van der Waals surface area contributed by atoms with Crippen LogP contribution in [0.1, 0.15) is 11.1 Å². The van der Waals surface area contributed by atoms with Crippen molar-refractivity contribution in [2.75, 3.05) is 17.6 Å². The molecule has 0 saturated carbocycles. The van der Waals surface area contributed by atoms with Crippen LogP contribution in [0.25, 0.3) is 0 Å². The van der Waals surface area contributed by atoms with Gasteiger partial charge in [-0.1, -0.05) is 18.2 Å². The molecule has 21 heavy (non-hydrogen) atoms. The SMILES string of the molecule is COc1ccc(N)cc1S(=O)(=O)Nc1c(C)cccc1C. The van der Waals surface area contributed by atoms with Crippen molar-refractivity contribution in [2.45, 2.75) is 18.7 Å². The summed E-state index contributed by atoms with van der Waals surface area (Å²) in [5.41, 5.74) is 8.31. The van der Waals surface area contributed by atoms with Gasteiger partial charge in [0.05, 0.1) is 12.8 Å². The topological polar surface area (TPSA) is 81.4 Å². The smallest absolute Gasteiger partial charge is 0.265 e. The van der Waals surface area contributed by atoms with E-state index in [1.54, 1.807) is 6.07 Å². The summed E-state index contributed by atoms with van der Waals surface area (Å²) in [6, 6.07) is 10.1. The molecule has 0 aromatic heterocycles. The zero-order chi connectivity index (χ0) is 15.6. The first-order chi connectivity index (χ1) is 9.85. The highest BCUT2D eigenvalue weighted by Crippen LogP contribution is 2.29. The number of hydrogen-bond donors (Lipinski definition) is 2. The number of nitrogens with two attached hydrogens (primary N) is 1. The molecule has 0 fully saturated rings. The molecule has 0 aliphatic rings. The molecule has 0 spiro atoms. The minimum Gasteiger partial charge on any atom is -0.495 e. The number of ether oxygens (including phenoxy) is 1. The summed E-state index contributed by atoms with van der Waals surface area (Å²) in [5, 5.41) is 0. The van der Waals surface area contributed by atoms with Gasteiger partial charge in [-0.25, -0.2) is 8.42 Å². The Bertz CT molecular complexity index is 750. The number of sulfonamides is 1. The average Bonchev–Trinajstić information content (AvgIpc) is 2.43. The quantitative estimate of drug-likeness (QED) is 0.851. The number of anilines is 2. The summed E-state index contributed by atoms with van der Waals surface area (Å²) in [7, 11) is -2.36. The summed E-state index contributed by atoms with van der Waals surface area (Å²) >= 11 is 0. The summed E-state index contributed by atoms with van der Waals surface area (Å²) in [6.45, 7) is 3.70. The monoisotopic (exact) mass is 306 g/mol. The first-order valence-corrected chi connectivity index (χ1v) is 7.86. The Morgan fingerprint density at radius 3 is 2.29 bits per heavy atom. The molecular weight excluding hydrogens is 288 g/mol. The van der Waals surface area contributed by atoms with Gasteiger partial charge in [-0.15, -0.1) is 0 Å². The van der Waals surface area contributed by atoms with Gasteiger partial charge in [0.2, 0.25) is 0 Å². The van der Waals surface area contributed by atoms with Crippen LogP contribution in [-0.2, 0) is 10.0 Å². The van der Waals surface area contributed by atoms with Gasteiger partial charge < -0.3 is 10.5 Å². The van der Waals surface area contributed by atoms with Crippen LogP contribution in [0.5, 0.6) is 5.75 Å².